The Kier molecular flexibility index (Phi) is 5.20. The van der Waals surface area contributed by atoms with Gasteiger partial charge in [-0.25, -0.2) is 0 Å². The molecule has 0 radical (unpaired) electrons. The van der Waals surface area contributed by atoms with E-state index in [0.717, 1.165) is 30.7 Å². The van der Waals surface area contributed by atoms with Gasteiger partial charge in [0.05, 0.1) is 0 Å². The fourth-order valence-corrected chi connectivity index (χ4v) is 2.63. The van der Waals surface area contributed by atoms with Gasteiger partial charge in [0, 0.05) is 19.2 Å². The summed E-state index contributed by atoms with van der Waals surface area (Å²) in [5.41, 5.74) is 1.14. The lowest BCUT2D eigenvalue weighted by atomic mass is 10.0. The van der Waals surface area contributed by atoms with Crippen molar-refractivity contribution in [2.45, 2.75) is 31.8 Å². The lowest BCUT2D eigenvalue weighted by Crippen LogP contribution is -2.33. The van der Waals surface area contributed by atoms with E-state index in [9.17, 15) is 5.11 Å². The van der Waals surface area contributed by atoms with E-state index < -0.39 is 0 Å². The quantitative estimate of drug-likeness (QED) is 0.819. The fourth-order valence-electron chi connectivity index (χ4n) is 2.63. The lowest BCUT2D eigenvalue weighted by molar-refractivity contribution is 0.205. The van der Waals surface area contributed by atoms with Crippen molar-refractivity contribution in [1.29, 1.82) is 5.26 Å². The Morgan fingerprint density at radius 3 is 3.11 bits per heavy atom. The highest BCUT2D eigenvalue weighted by Crippen LogP contribution is 2.25. The van der Waals surface area contributed by atoms with E-state index in [0.29, 0.717) is 12.0 Å². The summed E-state index contributed by atoms with van der Waals surface area (Å²) in [5, 5.41) is 21.3. The zero-order valence-electron chi connectivity index (χ0n) is 11.0. The largest absolute Gasteiger partial charge is 0.479 e. The summed E-state index contributed by atoms with van der Waals surface area (Å²) in [6.07, 6.45) is 3.43. The predicted molar refractivity (Wildman–Crippen MR) is 72.6 cm³/mol. The van der Waals surface area contributed by atoms with Crippen LogP contribution in [0.3, 0.4) is 0 Å². The summed E-state index contributed by atoms with van der Waals surface area (Å²) in [6.45, 7) is 1.11. The molecule has 4 heteroatoms. The van der Waals surface area contributed by atoms with E-state index in [1.807, 2.05) is 30.3 Å². The predicted octanol–water partition coefficient (Wildman–Crippen LogP) is 1.84. The van der Waals surface area contributed by atoms with Crippen molar-refractivity contribution in [3.63, 3.8) is 0 Å². The Hall–Kier alpha value is -1.57. The minimum Gasteiger partial charge on any atom is -0.479 e. The molecule has 2 unspecified atom stereocenters. The highest BCUT2D eigenvalue weighted by molar-refractivity contribution is 5.28. The Balaban J connectivity index is 1.87. The van der Waals surface area contributed by atoms with E-state index in [-0.39, 0.29) is 13.2 Å². The molecule has 0 heterocycles. The molecule has 4 nitrogen and oxygen atoms in total. The van der Waals surface area contributed by atoms with Crippen LogP contribution in [0.5, 0.6) is 5.75 Å². The molecule has 102 valence electrons. The van der Waals surface area contributed by atoms with Gasteiger partial charge in [0.1, 0.15) is 11.8 Å². The second kappa shape index (κ2) is 7.13. The van der Waals surface area contributed by atoms with Crippen LogP contribution in [0.1, 0.15) is 24.8 Å². The molecule has 0 amide bonds. The first kappa shape index (κ1) is 13.9. The van der Waals surface area contributed by atoms with E-state index in [1.54, 1.807) is 0 Å². The minimum absolute atomic E-state index is 0.0755. The Morgan fingerprint density at radius 2 is 2.32 bits per heavy atom. The third-order valence-corrected chi connectivity index (χ3v) is 3.66. The second-order valence-electron chi connectivity index (χ2n) is 4.96. The first-order chi connectivity index (χ1) is 9.33. The molecule has 1 fully saturated rings. The first-order valence-electron chi connectivity index (χ1n) is 6.76. The fraction of sp³-hybridized carbons (Fsp3) is 0.533. The zero-order chi connectivity index (χ0) is 13.5. The first-order valence-corrected chi connectivity index (χ1v) is 6.76. The van der Waals surface area contributed by atoms with Gasteiger partial charge < -0.3 is 15.2 Å². The van der Waals surface area contributed by atoms with Gasteiger partial charge in [0.15, 0.2) is 6.61 Å². The molecular weight excluding hydrogens is 240 g/mol. The second-order valence-corrected chi connectivity index (χ2v) is 4.96. The van der Waals surface area contributed by atoms with Crippen LogP contribution in [-0.2, 0) is 6.54 Å². The molecule has 1 saturated carbocycles. The van der Waals surface area contributed by atoms with Crippen LogP contribution in [0.25, 0.3) is 0 Å². The average molecular weight is 260 g/mol. The maximum atomic E-state index is 9.28. The van der Waals surface area contributed by atoms with Gasteiger partial charge in [-0.15, -0.1) is 0 Å². The number of rotatable bonds is 6. The van der Waals surface area contributed by atoms with E-state index in [4.69, 9.17) is 10.00 Å². The van der Waals surface area contributed by atoms with Crippen molar-refractivity contribution in [2.24, 2.45) is 5.92 Å². The number of benzene rings is 1. The summed E-state index contributed by atoms with van der Waals surface area (Å²) in [7, 11) is 0. The topological polar surface area (TPSA) is 65.3 Å². The summed E-state index contributed by atoms with van der Waals surface area (Å²) >= 11 is 0. The third kappa shape index (κ3) is 3.95. The van der Waals surface area contributed by atoms with Crippen LogP contribution < -0.4 is 10.1 Å². The van der Waals surface area contributed by atoms with Crippen LogP contribution in [0.15, 0.2) is 24.3 Å². The van der Waals surface area contributed by atoms with Crippen LogP contribution >= 0.6 is 0 Å². The molecular formula is C15H20N2O2. The lowest BCUT2D eigenvalue weighted by Gasteiger charge is -2.19. The van der Waals surface area contributed by atoms with E-state index >= 15 is 0 Å². The molecule has 2 rings (SSSR count). The number of nitrogens with one attached hydrogen (secondary N) is 1. The van der Waals surface area contributed by atoms with Crippen molar-refractivity contribution in [3.8, 4) is 11.8 Å². The number of ether oxygens (including phenoxy) is 1. The van der Waals surface area contributed by atoms with Gasteiger partial charge in [-0.1, -0.05) is 18.6 Å². The monoisotopic (exact) mass is 260 g/mol. The van der Waals surface area contributed by atoms with Crippen molar-refractivity contribution >= 4 is 0 Å². The molecule has 19 heavy (non-hydrogen) atoms. The Morgan fingerprint density at radius 1 is 1.42 bits per heavy atom. The molecule has 1 aliphatic rings. The Bertz CT molecular complexity index is 442. The number of nitrogens with zero attached hydrogens (tertiary/aromatic N) is 1. The minimum atomic E-state index is 0.0755. The summed E-state index contributed by atoms with van der Waals surface area (Å²) < 4.78 is 5.28. The molecule has 2 atom stereocenters. The zero-order valence-corrected chi connectivity index (χ0v) is 11.0. The molecule has 0 aliphatic heterocycles. The SMILES string of the molecule is N#CCOc1cccc(CNC2CCCC2CO)c1. The molecule has 0 aromatic heterocycles. The van der Waals surface area contributed by atoms with Crippen LogP contribution in [0.4, 0.5) is 0 Å². The van der Waals surface area contributed by atoms with E-state index in [2.05, 4.69) is 5.32 Å². The van der Waals surface area contributed by atoms with E-state index in [1.165, 1.54) is 6.42 Å². The number of aliphatic hydroxyl groups excluding tert-OH is 1. The third-order valence-electron chi connectivity index (χ3n) is 3.66. The molecule has 2 N–H and O–H groups in total. The molecule has 0 saturated heterocycles. The molecule has 1 aromatic carbocycles. The highest BCUT2D eigenvalue weighted by atomic mass is 16.5. The maximum absolute atomic E-state index is 9.28. The summed E-state index contributed by atoms with van der Waals surface area (Å²) in [4.78, 5) is 0. The van der Waals surface area contributed by atoms with Gasteiger partial charge in [0.2, 0.25) is 0 Å². The molecule has 1 aromatic rings. The van der Waals surface area contributed by atoms with Crippen LogP contribution in [0.2, 0.25) is 0 Å². The maximum Gasteiger partial charge on any atom is 0.174 e. The molecule has 0 bridgehead atoms. The normalized spacial score (nSPS) is 22.1. The van der Waals surface area contributed by atoms with Crippen molar-refractivity contribution in [1.82, 2.24) is 5.32 Å². The molecule has 0 spiro atoms. The number of aliphatic hydroxyl groups is 1. The van der Waals surface area contributed by atoms with Crippen molar-refractivity contribution < 1.29 is 9.84 Å². The van der Waals surface area contributed by atoms with Crippen molar-refractivity contribution in [3.05, 3.63) is 29.8 Å². The van der Waals surface area contributed by atoms with Crippen molar-refractivity contribution in [2.75, 3.05) is 13.2 Å². The number of hydrogen-bond donors (Lipinski definition) is 2. The average Bonchev–Trinajstić information content (AvgIpc) is 2.91. The number of nitriles is 1. The van der Waals surface area contributed by atoms with Crippen LogP contribution in [0, 0.1) is 17.2 Å². The highest BCUT2D eigenvalue weighted by Gasteiger charge is 2.25. The van der Waals surface area contributed by atoms with Crippen LogP contribution in [-0.4, -0.2) is 24.4 Å². The van der Waals surface area contributed by atoms with Gasteiger partial charge in [-0.2, -0.15) is 5.26 Å². The summed E-state index contributed by atoms with van der Waals surface area (Å²) in [5.74, 6) is 1.11. The smallest absolute Gasteiger partial charge is 0.174 e. The summed E-state index contributed by atoms with van der Waals surface area (Å²) in [6, 6.07) is 10.1. The van der Waals surface area contributed by atoms with Gasteiger partial charge in [-0.3, -0.25) is 0 Å². The van der Waals surface area contributed by atoms with Gasteiger partial charge in [0.25, 0.3) is 0 Å². The molecule has 1 aliphatic carbocycles. The Labute approximate surface area is 114 Å². The van der Waals surface area contributed by atoms with Gasteiger partial charge in [-0.05, 0) is 36.5 Å². The van der Waals surface area contributed by atoms with Gasteiger partial charge >= 0.3 is 0 Å². The standard InChI is InChI=1S/C15H20N2O2/c16-7-8-19-14-5-1-3-12(9-14)10-17-15-6-2-4-13(15)11-18/h1,3,5,9,13,15,17-18H,2,4,6,8,10-11H2. The number of hydrogen-bond acceptors (Lipinski definition) is 4.